The number of aryl methyl sites for hydroxylation is 1. The summed E-state index contributed by atoms with van der Waals surface area (Å²) in [5.41, 5.74) is 7.51. The van der Waals surface area contributed by atoms with E-state index in [-0.39, 0.29) is 5.91 Å². The van der Waals surface area contributed by atoms with Crippen LogP contribution < -0.4 is 11.1 Å². The van der Waals surface area contributed by atoms with Crippen LogP contribution in [-0.2, 0) is 17.8 Å². The zero-order valence-electron chi connectivity index (χ0n) is 10.8. The van der Waals surface area contributed by atoms with E-state index in [4.69, 9.17) is 5.73 Å². The van der Waals surface area contributed by atoms with Gasteiger partial charge in [0, 0.05) is 23.5 Å². The topological polar surface area (TPSA) is 55.1 Å². The van der Waals surface area contributed by atoms with Crippen molar-refractivity contribution in [2.24, 2.45) is 0 Å². The molecule has 3 nitrogen and oxygen atoms in total. The van der Waals surface area contributed by atoms with Crippen LogP contribution in [0.5, 0.6) is 0 Å². The zero-order chi connectivity index (χ0) is 13.5. The predicted octanol–water partition coefficient (Wildman–Crippen LogP) is 2.97. The van der Waals surface area contributed by atoms with Crippen LogP contribution in [0.3, 0.4) is 0 Å². The van der Waals surface area contributed by atoms with Crippen molar-refractivity contribution in [1.82, 2.24) is 5.32 Å². The largest absolute Gasteiger partial charge is 0.398 e. The van der Waals surface area contributed by atoms with Crippen LogP contribution in [0.4, 0.5) is 5.69 Å². The summed E-state index contributed by atoms with van der Waals surface area (Å²) in [6.07, 6.45) is 2.42. The normalized spacial score (nSPS) is 10.3. The Morgan fingerprint density at radius 3 is 2.79 bits per heavy atom. The Morgan fingerprint density at radius 1 is 1.21 bits per heavy atom. The van der Waals surface area contributed by atoms with Crippen molar-refractivity contribution >= 4 is 22.9 Å². The van der Waals surface area contributed by atoms with Gasteiger partial charge in [0.05, 0.1) is 0 Å². The number of carbonyl (C=O) groups excluding carboxylic acids is 1. The van der Waals surface area contributed by atoms with E-state index in [0.29, 0.717) is 13.0 Å². The summed E-state index contributed by atoms with van der Waals surface area (Å²) in [4.78, 5) is 13.0. The summed E-state index contributed by atoms with van der Waals surface area (Å²) in [5.74, 6) is 0.0832. The van der Waals surface area contributed by atoms with Gasteiger partial charge in [0.1, 0.15) is 0 Å². The zero-order valence-corrected chi connectivity index (χ0v) is 11.6. The van der Waals surface area contributed by atoms with Gasteiger partial charge in [-0.1, -0.05) is 24.3 Å². The molecule has 0 fully saturated rings. The Balaban J connectivity index is 1.69. The molecule has 0 aliphatic carbocycles. The van der Waals surface area contributed by atoms with E-state index in [1.807, 2.05) is 30.3 Å². The molecule has 3 N–H and O–H groups in total. The first-order valence-corrected chi connectivity index (χ1v) is 7.26. The number of hydrogen-bond acceptors (Lipinski definition) is 3. The standard InChI is InChI=1S/C15H18N2OS/c16-14-8-2-1-5-12(14)11-17-15(18)9-3-6-13-7-4-10-19-13/h1-2,4-5,7-8,10H,3,6,9,11,16H2,(H,17,18). The molecule has 2 rings (SSSR count). The highest BCUT2D eigenvalue weighted by molar-refractivity contribution is 7.09. The summed E-state index contributed by atoms with van der Waals surface area (Å²) in [6, 6.07) is 11.7. The highest BCUT2D eigenvalue weighted by Crippen LogP contribution is 2.12. The molecule has 100 valence electrons. The minimum atomic E-state index is 0.0832. The molecule has 19 heavy (non-hydrogen) atoms. The van der Waals surface area contributed by atoms with Crippen molar-refractivity contribution < 1.29 is 4.79 Å². The van der Waals surface area contributed by atoms with Gasteiger partial charge in [0.2, 0.25) is 5.91 Å². The lowest BCUT2D eigenvalue weighted by atomic mass is 10.1. The molecule has 0 saturated carbocycles. The van der Waals surface area contributed by atoms with E-state index >= 15 is 0 Å². The number of rotatable bonds is 6. The van der Waals surface area contributed by atoms with Gasteiger partial charge in [-0.15, -0.1) is 11.3 Å². The molecule has 1 aromatic carbocycles. The van der Waals surface area contributed by atoms with E-state index in [1.165, 1.54) is 4.88 Å². The second-order valence-corrected chi connectivity index (χ2v) is 5.44. The molecule has 0 aliphatic rings. The number of benzene rings is 1. The highest BCUT2D eigenvalue weighted by atomic mass is 32.1. The minimum Gasteiger partial charge on any atom is -0.398 e. The van der Waals surface area contributed by atoms with E-state index in [1.54, 1.807) is 11.3 Å². The van der Waals surface area contributed by atoms with E-state index < -0.39 is 0 Å². The third kappa shape index (κ3) is 4.41. The maximum Gasteiger partial charge on any atom is 0.220 e. The molecule has 0 saturated heterocycles. The minimum absolute atomic E-state index is 0.0832. The van der Waals surface area contributed by atoms with Gasteiger partial charge in [-0.25, -0.2) is 0 Å². The smallest absolute Gasteiger partial charge is 0.220 e. The summed E-state index contributed by atoms with van der Waals surface area (Å²) < 4.78 is 0. The second-order valence-electron chi connectivity index (χ2n) is 4.41. The lowest BCUT2D eigenvalue weighted by molar-refractivity contribution is -0.121. The van der Waals surface area contributed by atoms with Crippen molar-refractivity contribution in [1.29, 1.82) is 0 Å². The quantitative estimate of drug-likeness (QED) is 0.796. The molecule has 0 bridgehead atoms. The average Bonchev–Trinajstić information content (AvgIpc) is 2.91. The number of hydrogen-bond donors (Lipinski definition) is 2. The highest BCUT2D eigenvalue weighted by Gasteiger charge is 2.03. The van der Waals surface area contributed by atoms with Crippen LogP contribution in [0.15, 0.2) is 41.8 Å². The van der Waals surface area contributed by atoms with E-state index in [9.17, 15) is 4.79 Å². The average molecular weight is 274 g/mol. The summed E-state index contributed by atoms with van der Waals surface area (Å²) >= 11 is 1.74. The van der Waals surface area contributed by atoms with Crippen LogP contribution in [0.2, 0.25) is 0 Å². The molecule has 0 aliphatic heterocycles. The lowest BCUT2D eigenvalue weighted by Gasteiger charge is -2.07. The van der Waals surface area contributed by atoms with Crippen LogP contribution >= 0.6 is 11.3 Å². The molecular formula is C15H18N2OS. The number of carbonyl (C=O) groups is 1. The Hall–Kier alpha value is -1.81. The third-order valence-corrected chi connectivity index (χ3v) is 3.87. The Kier molecular flexibility index (Phi) is 4.98. The van der Waals surface area contributed by atoms with Gasteiger partial charge in [0.25, 0.3) is 0 Å². The van der Waals surface area contributed by atoms with Crippen LogP contribution in [0.25, 0.3) is 0 Å². The summed E-state index contributed by atoms with van der Waals surface area (Å²) in [6.45, 7) is 0.504. The number of para-hydroxylation sites is 1. The van der Waals surface area contributed by atoms with Gasteiger partial charge in [-0.2, -0.15) is 0 Å². The van der Waals surface area contributed by atoms with Crippen molar-refractivity contribution in [2.75, 3.05) is 5.73 Å². The molecule has 0 spiro atoms. The molecule has 0 atom stereocenters. The number of nitrogens with two attached hydrogens (primary N) is 1. The lowest BCUT2D eigenvalue weighted by Crippen LogP contribution is -2.23. The van der Waals surface area contributed by atoms with Crippen molar-refractivity contribution in [3.8, 4) is 0 Å². The monoisotopic (exact) mass is 274 g/mol. The first-order valence-electron chi connectivity index (χ1n) is 6.38. The van der Waals surface area contributed by atoms with Gasteiger partial charge < -0.3 is 11.1 Å². The SMILES string of the molecule is Nc1ccccc1CNC(=O)CCCc1cccs1. The Labute approximate surface area is 117 Å². The van der Waals surface area contributed by atoms with Gasteiger partial charge in [0.15, 0.2) is 0 Å². The molecule has 2 aromatic rings. The molecule has 4 heteroatoms. The fourth-order valence-electron chi connectivity index (χ4n) is 1.86. The summed E-state index contributed by atoms with van der Waals surface area (Å²) in [5, 5.41) is 4.97. The molecule has 1 heterocycles. The van der Waals surface area contributed by atoms with Crippen LogP contribution in [0, 0.1) is 0 Å². The van der Waals surface area contributed by atoms with Gasteiger partial charge >= 0.3 is 0 Å². The first kappa shape index (κ1) is 13.6. The molecule has 0 unspecified atom stereocenters. The van der Waals surface area contributed by atoms with Crippen LogP contribution in [-0.4, -0.2) is 5.91 Å². The maximum atomic E-state index is 11.7. The number of thiophene rings is 1. The van der Waals surface area contributed by atoms with Crippen molar-refractivity contribution in [2.45, 2.75) is 25.8 Å². The van der Waals surface area contributed by atoms with Crippen LogP contribution in [0.1, 0.15) is 23.3 Å². The number of nitrogen functional groups attached to an aromatic ring is 1. The number of amides is 1. The molecule has 1 amide bonds. The van der Waals surface area contributed by atoms with Crippen molar-refractivity contribution in [3.63, 3.8) is 0 Å². The van der Waals surface area contributed by atoms with E-state index in [2.05, 4.69) is 16.8 Å². The van der Waals surface area contributed by atoms with Gasteiger partial charge in [-0.3, -0.25) is 4.79 Å². The Morgan fingerprint density at radius 2 is 2.05 bits per heavy atom. The fourth-order valence-corrected chi connectivity index (χ4v) is 2.61. The number of nitrogens with one attached hydrogen (secondary N) is 1. The maximum absolute atomic E-state index is 11.7. The first-order chi connectivity index (χ1) is 9.25. The van der Waals surface area contributed by atoms with Crippen molar-refractivity contribution in [3.05, 3.63) is 52.2 Å². The predicted molar refractivity (Wildman–Crippen MR) is 80.0 cm³/mol. The Bertz CT molecular complexity index is 523. The fraction of sp³-hybridized carbons (Fsp3) is 0.267. The van der Waals surface area contributed by atoms with E-state index in [0.717, 1.165) is 24.1 Å². The molecule has 0 radical (unpaired) electrons. The third-order valence-electron chi connectivity index (χ3n) is 2.94. The number of anilines is 1. The second kappa shape index (κ2) is 6.95. The summed E-state index contributed by atoms with van der Waals surface area (Å²) in [7, 11) is 0. The molecule has 1 aromatic heterocycles. The molecular weight excluding hydrogens is 256 g/mol. The van der Waals surface area contributed by atoms with Gasteiger partial charge in [-0.05, 0) is 35.9 Å².